The Balaban J connectivity index is 2.14. The van der Waals surface area contributed by atoms with Crippen molar-refractivity contribution in [1.82, 2.24) is 0 Å². The maximum absolute atomic E-state index is 6.28. The van der Waals surface area contributed by atoms with Crippen LogP contribution in [-0.4, -0.2) is 6.04 Å². The van der Waals surface area contributed by atoms with Gasteiger partial charge in [0.1, 0.15) is 0 Å². The minimum atomic E-state index is 0.380. The van der Waals surface area contributed by atoms with Gasteiger partial charge in [-0.05, 0) is 43.4 Å². The number of unbranched alkanes of at least 4 members (excludes halogenated alkanes) is 5. The lowest BCUT2D eigenvalue weighted by Gasteiger charge is -2.37. The molecule has 0 bridgehead atoms. The van der Waals surface area contributed by atoms with Crippen molar-refractivity contribution in [3.8, 4) is 0 Å². The maximum Gasteiger partial charge on any atom is 0.0107 e. The average molecular weight is 251 g/mol. The molecule has 1 aliphatic rings. The molecule has 0 radical (unpaired) electrons. The molecule has 0 spiro atoms. The lowest BCUT2D eigenvalue weighted by molar-refractivity contribution is 0.187. The molecular weight excluding hydrogens is 218 g/mol. The Bertz CT molecular complexity index is 242. The maximum atomic E-state index is 6.28. The zero-order chi connectivity index (χ0) is 13.4. The highest BCUT2D eigenvalue weighted by molar-refractivity contribution is 4.98. The van der Waals surface area contributed by atoms with Crippen LogP contribution in [0.4, 0.5) is 0 Å². The smallest absolute Gasteiger partial charge is 0.0107 e. The van der Waals surface area contributed by atoms with Gasteiger partial charge in [0.05, 0.1) is 0 Å². The van der Waals surface area contributed by atoms with Crippen LogP contribution in [-0.2, 0) is 0 Å². The molecule has 0 aromatic carbocycles. The molecule has 0 saturated heterocycles. The quantitative estimate of drug-likeness (QED) is 0.497. The molecular formula is C17H33N. The molecule has 0 amide bonds. The minimum absolute atomic E-state index is 0.380. The van der Waals surface area contributed by atoms with E-state index in [0.717, 1.165) is 0 Å². The fourth-order valence-corrected chi connectivity index (χ4v) is 3.04. The summed E-state index contributed by atoms with van der Waals surface area (Å²) >= 11 is 0. The first-order valence-electron chi connectivity index (χ1n) is 7.97. The number of nitrogens with two attached hydrogens (primary N) is 1. The second-order valence-corrected chi connectivity index (χ2v) is 6.87. The van der Waals surface area contributed by atoms with Crippen LogP contribution in [0.5, 0.6) is 0 Å². The van der Waals surface area contributed by atoms with Crippen molar-refractivity contribution in [2.45, 2.75) is 84.6 Å². The summed E-state index contributed by atoms with van der Waals surface area (Å²) < 4.78 is 0. The average Bonchev–Trinajstić information content (AvgIpc) is 2.29. The van der Waals surface area contributed by atoms with Gasteiger partial charge in [0.15, 0.2) is 0 Å². The van der Waals surface area contributed by atoms with E-state index in [1.54, 1.807) is 0 Å². The number of hydrogen-bond acceptors (Lipinski definition) is 1. The molecule has 0 aromatic heterocycles. The fourth-order valence-electron chi connectivity index (χ4n) is 3.04. The van der Waals surface area contributed by atoms with Crippen molar-refractivity contribution in [3.63, 3.8) is 0 Å². The van der Waals surface area contributed by atoms with E-state index < -0.39 is 0 Å². The Kier molecular flexibility index (Phi) is 6.99. The van der Waals surface area contributed by atoms with E-state index in [0.29, 0.717) is 17.4 Å². The summed E-state index contributed by atoms with van der Waals surface area (Å²) in [5.41, 5.74) is 6.75. The summed E-state index contributed by atoms with van der Waals surface area (Å²) in [7, 11) is 0. The predicted octanol–water partition coefficient (Wildman–Crippen LogP) is 5.06. The summed E-state index contributed by atoms with van der Waals surface area (Å²) in [6.07, 6.45) is 16.7. The minimum Gasteiger partial charge on any atom is -0.327 e. The highest BCUT2D eigenvalue weighted by Crippen LogP contribution is 2.37. The second-order valence-electron chi connectivity index (χ2n) is 6.87. The number of rotatable bonds is 7. The second kappa shape index (κ2) is 7.99. The highest BCUT2D eigenvalue weighted by atomic mass is 14.7. The lowest BCUT2D eigenvalue weighted by atomic mass is 9.70. The Morgan fingerprint density at radius 3 is 2.56 bits per heavy atom. The highest BCUT2D eigenvalue weighted by Gasteiger charge is 2.31. The van der Waals surface area contributed by atoms with Crippen LogP contribution >= 0.6 is 0 Å². The molecule has 106 valence electrons. The molecule has 18 heavy (non-hydrogen) atoms. The van der Waals surface area contributed by atoms with Gasteiger partial charge in [0.2, 0.25) is 0 Å². The van der Waals surface area contributed by atoms with Crippen LogP contribution < -0.4 is 5.73 Å². The topological polar surface area (TPSA) is 26.0 Å². The van der Waals surface area contributed by atoms with Gasteiger partial charge in [-0.1, -0.05) is 58.6 Å². The van der Waals surface area contributed by atoms with Crippen LogP contribution in [0.1, 0.15) is 78.6 Å². The van der Waals surface area contributed by atoms with Gasteiger partial charge in [-0.25, -0.2) is 0 Å². The third-order valence-corrected chi connectivity index (χ3v) is 4.35. The predicted molar refractivity (Wildman–Crippen MR) is 81.6 cm³/mol. The summed E-state index contributed by atoms with van der Waals surface area (Å²) in [6.45, 7) is 6.97. The lowest BCUT2D eigenvalue weighted by Crippen LogP contribution is -2.39. The third kappa shape index (κ3) is 6.04. The first-order valence-corrected chi connectivity index (χ1v) is 7.97. The Morgan fingerprint density at radius 1 is 1.17 bits per heavy atom. The molecule has 0 unspecified atom stereocenters. The standard InChI is InChI=1S/C17H33N/c1-4-5-6-7-8-9-10-11-15-12-13-17(2,3)14-16(15)18/h10-11,15-16H,4-9,12-14,18H2,1-3H3/b11-10+/t15-,16-/m1/s1. The molecule has 1 aliphatic carbocycles. The summed E-state index contributed by atoms with van der Waals surface area (Å²) in [6, 6.07) is 0.380. The van der Waals surface area contributed by atoms with Crippen molar-refractivity contribution < 1.29 is 0 Å². The van der Waals surface area contributed by atoms with Gasteiger partial charge in [0.25, 0.3) is 0 Å². The molecule has 0 aliphatic heterocycles. The molecule has 2 N–H and O–H groups in total. The van der Waals surface area contributed by atoms with Crippen LogP contribution in [0.2, 0.25) is 0 Å². The van der Waals surface area contributed by atoms with E-state index in [9.17, 15) is 0 Å². The van der Waals surface area contributed by atoms with Crippen LogP contribution in [0.3, 0.4) is 0 Å². The zero-order valence-electron chi connectivity index (χ0n) is 12.8. The Labute approximate surface area is 114 Å². The molecule has 1 heteroatoms. The molecule has 2 atom stereocenters. The van der Waals surface area contributed by atoms with E-state index in [2.05, 4.69) is 32.9 Å². The van der Waals surface area contributed by atoms with Crippen molar-refractivity contribution in [1.29, 1.82) is 0 Å². The molecule has 1 nitrogen and oxygen atoms in total. The van der Waals surface area contributed by atoms with Crippen LogP contribution in [0.25, 0.3) is 0 Å². The van der Waals surface area contributed by atoms with Crippen LogP contribution in [0.15, 0.2) is 12.2 Å². The number of hydrogen-bond donors (Lipinski definition) is 1. The van der Waals surface area contributed by atoms with Crippen molar-refractivity contribution in [2.24, 2.45) is 17.1 Å². The van der Waals surface area contributed by atoms with Gasteiger partial charge in [-0.3, -0.25) is 0 Å². The molecule has 1 saturated carbocycles. The third-order valence-electron chi connectivity index (χ3n) is 4.35. The van der Waals surface area contributed by atoms with E-state index in [1.807, 2.05) is 0 Å². The first-order chi connectivity index (χ1) is 8.55. The van der Waals surface area contributed by atoms with Gasteiger partial charge in [-0.15, -0.1) is 0 Å². The van der Waals surface area contributed by atoms with Crippen molar-refractivity contribution >= 4 is 0 Å². The Morgan fingerprint density at radius 2 is 1.89 bits per heavy atom. The SMILES string of the molecule is CCCCCCC/C=C/[C@@H]1CCC(C)(C)C[C@H]1N. The zero-order valence-corrected chi connectivity index (χ0v) is 12.8. The summed E-state index contributed by atoms with van der Waals surface area (Å²) in [5, 5.41) is 0. The number of allylic oxidation sites excluding steroid dienone is 1. The summed E-state index contributed by atoms with van der Waals surface area (Å²) in [5.74, 6) is 0.633. The van der Waals surface area contributed by atoms with Gasteiger partial charge >= 0.3 is 0 Å². The molecule has 0 heterocycles. The molecule has 1 fully saturated rings. The normalized spacial score (nSPS) is 27.8. The van der Waals surface area contributed by atoms with E-state index in [-0.39, 0.29) is 0 Å². The van der Waals surface area contributed by atoms with E-state index in [1.165, 1.54) is 57.8 Å². The Hall–Kier alpha value is -0.300. The molecule has 1 rings (SSSR count). The van der Waals surface area contributed by atoms with E-state index in [4.69, 9.17) is 5.73 Å². The fraction of sp³-hybridized carbons (Fsp3) is 0.882. The van der Waals surface area contributed by atoms with Crippen molar-refractivity contribution in [2.75, 3.05) is 0 Å². The van der Waals surface area contributed by atoms with Gasteiger partial charge < -0.3 is 5.73 Å². The van der Waals surface area contributed by atoms with Gasteiger partial charge in [-0.2, -0.15) is 0 Å². The first kappa shape index (κ1) is 15.8. The van der Waals surface area contributed by atoms with Crippen molar-refractivity contribution in [3.05, 3.63) is 12.2 Å². The largest absolute Gasteiger partial charge is 0.327 e. The summed E-state index contributed by atoms with van der Waals surface area (Å²) in [4.78, 5) is 0. The molecule has 0 aromatic rings. The van der Waals surface area contributed by atoms with E-state index >= 15 is 0 Å². The van der Waals surface area contributed by atoms with Crippen LogP contribution in [0, 0.1) is 11.3 Å². The van der Waals surface area contributed by atoms with Gasteiger partial charge in [0, 0.05) is 6.04 Å². The monoisotopic (exact) mass is 251 g/mol.